The molecule has 0 aliphatic carbocycles. The molecule has 0 atom stereocenters. The van der Waals surface area contributed by atoms with E-state index in [-0.39, 0.29) is 17.7 Å². The average molecular weight is 482 g/mol. The number of aromatic nitrogens is 1. The quantitative estimate of drug-likeness (QED) is 0.266. The van der Waals surface area contributed by atoms with Gasteiger partial charge in [0.2, 0.25) is 0 Å². The van der Waals surface area contributed by atoms with Crippen LogP contribution in [0.5, 0.6) is 5.75 Å². The number of pyridine rings is 1. The summed E-state index contributed by atoms with van der Waals surface area (Å²) in [4.78, 5) is 26.8. The van der Waals surface area contributed by atoms with Gasteiger partial charge in [-0.2, -0.15) is 0 Å². The number of hydrogen-bond donors (Lipinski definition) is 3. The second-order valence-electron chi connectivity index (χ2n) is 8.30. The summed E-state index contributed by atoms with van der Waals surface area (Å²) < 4.78 is 0. The van der Waals surface area contributed by atoms with Crippen LogP contribution in [0.4, 0.5) is 0 Å². The lowest BCUT2D eigenvalue weighted by atomic mass is 9.97. The molecule has 0 amide bonds. The number of aromatic hydroxyl groups is 1. The molecule has 5 rings (SSSR count). The van der Waals surface area contributed by atoms with Crippen LogP contribution in [-0.2, 0) is 11.2 Å². The number of carboxylic acids is 1. The Morgan fingerprint density at radius 3 is 2.26 bits per heavy atom. The predicted molar refractivity (Wildman–Crippen MR) is 139 cm³/mol. The highest BCUT2D eigenvalue weighted by molar-refractivity contribution is 6.34. The first-order chi connectivity index (χ1) is 16.9. The number of rotatable bonds is 5. The Balaban J connectivity index is 1.60. The lowest BCUT2D eigenvalue weighted by Gasteiger charge is -2.12. The molecule has 0 saturated heterocycles. The van der Waals surface area contributed by atoms with E-state index in [0.717, 1.165) is 16.5 Å². The van der Waals surface area contributed by atoms with E-state index in [1.807, 2.05) is 48.5 Å². The maximum Gasteiger partial charge on any atom is 0.307 e. The van der Waals surface area contributed by atoms with Crippen molar-refractivity contribution in [3.63, 3.8) is 0 Å². The highest BCUT2D eigenvalue weighted by atomic mass is 35.5. The van der Waals surface area contributed by atoms with Crippen molar-refractivity contribution in [2.45, 2.75) is 6.42 Å². The predicted octanol–water partition coefficient (Wildman–Crippen LogP) is 6.52. The molecule has 4 aromatic carbocycles. The molecular formula is C29H20ClNO4. The van der Waals surface area contributed by atoms with E-state index in [4.69, 9.17) is 16.7 Å². The molecule has 3 N–H and O–H groups in total. The molecule has 0 fully saturated rings. The third kappa shape index (κ3) is 4.54. The first-order valence-electron chi connectivity index (χ1n) is 11.0. The molecule has 172 valence electrons. The molecule has 0 saturated carbocycles. The van der Waals surface area contributed by atoms with Crippen molar-refractivity contribution in [3.8, 4) is 39.1 Å². The first-order valence-corrected chi connectivity index (χ1v) is 11.3. The second-order valence-corrected chi connectivity index (χ2v) is 8.71. The number of carboxylic acid groups (broad SMARTS) is 1. The van der Waals surface area contributed by atoms with Crippen LogP contribution in [0.2, 0.25) is 5.02 Å². The lowest BCUT2D eigenvalue weighted by molar-refractivity contribution is -0.136. The number of aromatic amines is 1. The van der Waals surface area contributed by atoms with Gasteiger partial charge in [-0.1, -0.05) is 72.3 Å². The van der Waals surface area contributed by atoms with Crippen LogP contribution in [0.3, 0.4) is 0 Å². The SMILES string of the molecule is O=C(O)Cc1cccc(-c2cc3cc(-c4ccc(-c5ccccc5)cc4O)c(Cl)cc3[nH]c2=O)c1. The van der Waals surface area contributed by atoms with Crippen LogP contribution in [-0.4, -0.2) is 21.2 Å². The molecule has 0 spiro atoms. The number of phenols is 1. The van der Waals surface area contributed by atoms with Gasteiger partial charge in [0.25, 0.3) is 5.56 Å². The van der Waals surface area contributed by atoms with Gasteiger partial charge in [-0.05, 0) is 58.0 Å². The van der Waals surface area contributed by atoms with Crippen molar-refractivity contribution >= 4 is 28.5 Å². The van der Waals surface area contributed by atoms with E-state index in [9.17, 15) is 14.7 Å². The average Bonchev–Trinajstić information content (AvgIpc) is 2.84. The highest BCUT2D eigenvalue weighted by Crippen LogP contribution is 2.39. The van der Waals surface area contributed by atoms with E-state index < -0.39 is 5.97 Å². The molecule has 5 nitrogen and oxygen atoms in total. The van der Waals surface area contributed by atoms with Gasteiger partial charge in [-0.3, -0.25) is 9.59 Å². The first kappa shape index (κ1) is 22.4. The number of benzene rings is 4. The molecule has 1 aromatic heterocycles. The lowest BCUT2D eigenvalue weighted by Crippen LogP contribution is -2.09. The van der Waals surface area contributed by atoms with Gasteiger partial charge in [0.15, 0.2) is 0 Å². The number of hydrogen-bond acceptors (Lipinski definition) is 3. The minimum atomic E-state index is -0.938. The van der Waals surface area contributed by atoms with Gasteiger partial charge in [-0.15, -0.1) is 0 Å². The Morgan fingerprint density at radius 2 is 1.51 bits per heavy atom. The zero-order chi connectivity index (χ0) is 24.5. The van der Waals surface area contributed by atoms with Gasteiger partial charge in [0, 0.05) is 22.2 Å². The summed E-state index contributed by atoms with van der Waals surface area (Å²) in [6.45, 7) is 0. The zero-order valence-corrected chi connectivity index (χ0v) is 19.2. The Labute approximate surface area is 205 Å². The number of fused-ring (bicyclic) bond motifs is 1. The van der Waals surface area contributed by atoms with E-state index in [0.29, 0.717) is 38.4 Å². The number of phenolic OH excluding ortho intramolecular Hbond substituents is 1. The molecule has 0 aliphatic rings. The number of aliphatic carboxylic acids is 1. The standard InChI is InChI=1S/C29H20ClNO4/c30-25-16-26-21(13-23(29(35)31-26)20-8-4-5-17(11-20)12-28(33)34)14-24(25)22-10-9-19(15-27(22)32)18-6-2-1-3-7-18/h1-11,13-16,32H,12H2,(H,31,35)(H,33,34). The molecule has 0 bridgehead atoms. The third-order valence-corrected chi connectivity index (χ3v) is 6.23. The van der Waals surface area contributed by atoms with Gasteiger partial charge in [0.05, 0.1) is 11.4 Å². The fourth-order valence-electron chi connectivity index (χ4n) is 4.24. The smallest absolute Gasteiger partial charge is 0.307 e. The second kappa shape index (κ2) is 9.12. The molecule has 35 heavy (non-hydrogen) atoms. The third-order valence-electron chi connectivity index (χ3n) is 5.92. The van der Waals surface area contributed by atoms with Crippen molar-refractivity contribution in [3.05, 3.63) is 112 Å². The highest BCUT2D eigenvalue weighted by Gasteiger charge is 2.14. The molecule has 0 radical (unpaired) electrons. The van der Waals surface area contributed by atoms with Crippen molar-refractivity contribution in [1.82, 2.24) is 4.98 Å². The van der Waals surface area contributed by atoms with Gasteiger partial charge in [-0.25, -0.2) is 0 Å². The molecule has 6 heteroatoms. The molecular weight excluding hydrogens is 462 g/mol. The largest absolute Gasteiger partial charge is 0.507 e. The Morgan fingerprint density at radius 1 is 0.771 bits per heavy atom. The van der Waals surface area contributed by atoms with Crippen LogP contribution < -0.4 is 5.56 Å². The summed E-state index contributed by atoms with van der Waals surface area (Å²) in [6, 6.07) is 27.4. The minimum absolute atomic E-state index is 0.0959. The maximum atomic E-state index is 12.8. The van der Waals surface area contributed by atoms with Crippen LogP contribution in [0, 0.1) is 0 Å². The fraction of sp³-hybridized carbons (Fsp3) is 0.0345. The minimum Gasteiger partial charge on any atom is -0.507 e. The van der Waals surface area contributed by atoms with Crippen molar-refractivity contribution in [2.75, 3.05) is 0 Å². The van der Waals surface area contributed by atoms with E-state index in [1.165, 1.54) is 0 Å². The maximum absolute atomic E-state index is 12.8. The van der Waals surface area contributed by atoms with Crippen molar-refractivity contribution < 1.29 is 15.0 Å². The van der Waals surface area contributed by atoms with Gasteiger partial charge in [0.1, 0.15) is 5.75 Å². The van der Waals surface area contributed by atoms with Gasteiger partial charge < -0.3 is 15.2 Å². The number of H-pyrrole nitrogens is 1. The fourth-order valence-corrected chi connectivity index (χ4v) is 4.51. The Bertz CT molecular complexity index is 1640. The molecule has 5 aromatic rings. The van der Waals surface area contributed by atoms with Crippen molar-refractivity contribution in [1.29, 1.82) is 0 Å². The van der Waals surface area contributed by atoms with Crippen LogP contribution in [0.25, 0.3) is 44.3 Å². The van der Waals surface area contributed by atoms with Gasteiger partial charge >= 0.3 is 5.97 Å². The Kier molecular flexibility index (Phi) is 5.85. The van der Waals surface area contributed by atoms with E-state index in [2.05, 4.69) is 4.98 Å². The van der Waals surface area contributed by atoms with E-state index >= 15 is 0 Å². The topological polar surface area (TPSA) is 90.4 Å². The van der Waals surface area contributed by atoms with Crippen LogP contribution >= 0.6 is 11.6 Å². The van der Waals surface area contributed by atoms with E-state index in [1.54, 1.807) is 42.5 Å². The molecule has 0 aliphatic heterocycles. The summed E-state index contributed by atoms with van der Waals surface area (Å²) in [7, 11) is 0. The zero-order valence-electron chi connectivity index (χ0n) is 18.5. The number of nitrogens with one attached hydrogen (secondary N) is 1. The van der Waals surface area contributed by atoms with Crippen LogP contribution in [0.1, 0.15) is 5.56 Å². The normalized spacial score (nSPS) is 11.0. The summed E-state index contributed by atoms with van der Waals surface area (Å²) in [6.07, 6.45) is -0.128. The van der Waals surface area contributed by atoms with Crippen molar-refractivity contribution in [2.24, 2.45) is 0 Å². The summed E-state index contributed by atoms with van der Waals surface area (Å²) >= 11 is 6.56. The molecule has 1 heterocycles. The number of halogens is 1. The number of carbonyl (C=O) groups is 1. The Hall–Kier alpha value is -4.35. The summed E-state index contributed by atoms with van der Waals surface area (Å²) in [5.41, 5.74) is 5.00. The molecule has 0 unspecified atom stereocenters. The summed E-state index contributed by atoms with van der Waals surface area (Å²) in [5.74, 6) is -0.842. The van der Waals surface area contributed by atoms with Crippen LogP contribution in [0.15, 0.2) is 95.8 Å². The summed E-state index contributed by atoms with van der Waals surface area (Å²) in [5, 5.41) is 21.0. The monoisotopic (exact) mass is 481 g/mol.